The molecule has 0 radical (unpaired) electrons. The topological polar surface area (TPSA) is 104 Å². The first-order valence-electron chi connectivity index (χ1n) is 8.96. The van der Waals surface area contributed by atoms with Crippen LogP contribution in [0.4, 0.5) is 0 Å². The monoisotopic (exact) mass is 397 g/mol. The molecule has 8 heteroatoms. The predicted octanol–water partition coefficient (Wildman–Crippen LogP) is 2.08. The highest BCUT2D eigenvalue weighted by atomic mass is 32.2. The summed E-state index contributed by atoms with van der Waals surface area (Å²) in [4.78, 5) is 26.1. The van der Waals surface area contributed by atoms with E-state index in [1.165, 1.54) is 16.8 Å². The van der Waals surface area contributed by atoms with Crippen molar-refractivity contribution in [3.8, 4) is 0 Å². The van der Waals surface area contributed by atoms with E-state index in [-0.39, 0.29) is 26.4 Å². The van der Waals surface area contributed by atoms with E-state index in [1.807, 2.05) is 6.92 Å². The first kappa shape index (κ1) is 18.2. The lowest BCUT2D eigenvalue weighted by atomic mass is 10.1. The molecule has 144 valence electrons. The molecule has 1 aromatic heterocycles. The summed E-state index contributed by atoms with van der Waals surface area (Å²) < 4.78 is 28.9. The van der Waals surface area contributed by atoms with E-state index in [9.17, 15) is 18.0 Å². The van der Waals surface area contributed by atoms with Gasteiger partial charge in [-0.3, -0.25) is 9.59 Å². The number of nitrogens with two attached hydrogens (primary N) is 1. The second-order valence-corrected chi connectivity index (χ2v) is 8.60. The van der Waals surface area contributed by atoms with Crippen LogP contribution in [-0.2, 0) is 9.84 Å². The second kappa shape index (κ2) is 6.49. The van der Waals surface area contributed by atoms with Gasteiger partial charge >= 0.3 is 0 Å². The average molecular weight is 397 g/mol. The lowest BCUT2D eigenvalue weighted by Gasteiger charge is -2.17. The van der Waals surface area contributed by atoms with Crippen LogP contribution < -0.4 is 16.9 Å². The molecule has 2 aromatic carbocycles. The normalized spacial score (nSPS) is 16.5. The van der Waals surface area contributed by atoms with Gasteiger partial charge in [0.05, 0.1) is 21.7 Å². The third kappa shape index (κ3) is 2.45. The van der Waals surface area contributed by atoms with Crippen molar-refractivity contribution in [2.75, 3.05) is 0 Å². The fraction of sp³-hybridized carbons (Fsp3) is 0.200. The van der Waals surface area contributed by atoms with E-state index in [1.54, 1.807) is 42.5 Å². The number of nitrogens with zero attached hydrogens (tertiary/aromatic N) is 2. The van der Waals surface area contributed by atoms with Crippen LogP contribution in [-0.4, -0.2) is 17.8 Å². The standard InChI is InChI=1S/C20H19N3O4S/c1-2-8-16-17(28(26,27)13-9-4-3-5-10-13)18(21)23-20(25)15-12-7-6-11-14(15)19(24)22(16)23/h3-7,9-12,16H,2,8,21H2,1H3. The van der Waals surface area contributed by atoms with Crippen molar-refractivity contribution in [1.29, 1.82) is 0 Å². The molecule has 1 aliphatic rings. The maximum absolute atomic E-state index is 13.3. The number of benzene rings is 2. The maximum atomic E-state index is 13.3. The second-order valence-electron chi connectivity index (χ2n) is 6.68. The van der Waals surface area contributed by atoms with Gasteiger partial charge < -0.3 is 5.73 Å². The van der Waals surface area contributed by atoms with E-state index in [0.717, 1.165) is 4.68 Å². The largest absolute Gasteiger partial charge is 0.383 e. The number of hydrogen-bond donors (Lipinski definition) is 1. The van der Waals surface area contributed by atoms with Gasteiger partial charge in [-0.2, -0.15) is 4.68 Å². The molecule has 0 bridgehead atoms. The summed E-state index contributed by atoms with van der Waals surface area (Å²) in [6.07, 6.45) is 0.971. The lowest BCUT2D eigenvalue weighted by Crippen LogP contribution is -2.38. The molecule has 2 heterocycles. The van der Waals surface area contributed by atoms with Gasteiger partial charge in [-0.05, 0) is 30.7 Å². The maximum Gasteiger partial charge on any atom is 0.279 e. The van der Waals surface area contributed by atoms with Crippen molar-refractivity contribution in [3.05, 3.63) is 80.2 Å². The summed E-state index contributed by atoms with van der Waals surface area (Å²) in [5.74, 6) is -0.213. The molecule has 28 heavy (non-hydrogen) atoms. The minimum atomic E-state index is -3.98. The molecule has 3 aromatic rings. The molecule has 1 atom stereocenters. The Labute approximate surface area is 161 Å². The van der Waals surface area contributed by atoms with Crippen LogP contribution in [0.25, 0.3) is 16.6 Å². The number of sulfone groups is 1. The Bertz CT molecular complexity index is 1340. The Morgan fingerprint density at radius 2 is 1.50 bits per heavy atom. The highest BCUT2D eigenvalue weighted by molar-refractivity contribution is 7.95. The number of aromatic nitrogens is 2. The highest BCUT2D eigenvalue weighted by Gasteiger charge is 2.40. The number of fused-ring (bicyclic) bond motifs is 2. The van der Waals surface area contributed by atoms with Crippen molar-refractivity contribution >= 4 is 26.4 Å². The smallest absolute Gasteiger partial charge is 0.279 e. The van der Waals surface area contributed by atoms with Crippen molar-refractivity contribution < 1.29 is 8.42 Å². The van der Waals surface area contributed by atoms with Gasteiger partial charge in [-0.25, -0.2) is 13.1 Å². The predicted molar refractivity (Wildman–Crippen MR) is 107 cm³/mol. The molecule has 0 saturated heterocycles. The third-order valence-electron chi connectivity index (χ3n) is 4.99. The molecule has 0 fully saturated rings. The van der Waals surface area contributed by atoms with Crippen molar-refractivity contribution in [1.82, 2.24) is 9.36 Å². The number of allylic oxidation sites excluding steroid dienone is 1. The summed E-state index contributed by atoms with van der Waals surface area (Å²) in [7, 11) is -3.98. The van der Waals surface area contributed by atoms with Gasteiger partial charge in [0.2, 0.25) is 9.84 Å². The summed E-state index contributed by atoms with van der Waals surface area (Å²) >= 11 is 0. The van der Waals surface area contributed by atoms with Crippen LogP contribution in [0, 0.1) is 0 Å². The zero-order chi connectivity index (χ0) is 20.1. The average Bonchev–Trinajstić information content (AvgIpc) is 3.00. The Hall–Kier alpha value is -3.13. The molecule has 0 aliphatic carbocycles. The zero-order valence-corrected chi connectivity index (χ0v) is 16.0. The Kier molecular flexibility index (Phi) is 4.23. The molecule has 4 rings (SSSR count). The molecule has 0 spiro atoms. The summed E-state index contributed by atoms with van der Waals surface area (Å²) in [5, 5.41) is 0.455. The van der Waals surface area contributed by atoms with Gasteiger partial charge in [0.1, 0.15) is 10.7 Å². The third-order valence-corrected chi connectivity index (χ3v) is 6.94. The first-order chi connectivity index (χ1) is 13.4. The molecule has 1 aliphatic heterocycles. The Morgan fingerprint density at radius 3 is 2.11 bits per heavy atom. The van der Waals surface area contributed by atoms with Crippen LogP contribution in [0.2, 0.25) is 0 Å². The van der Waals surface area contributed by atoms with Crippen molar-refractivity contribution in [2.45, 2.75) is 30.7 Å². The van der Waals surface area contributed by atoms with E-state index < -0.39 is 27.0 Å². The van der Waals surface area contributed by atoms with Crippen LogP contribution in [0.5, 0.6) is 0 Å². The minimum absolute atomic E-state index is 0.0764. The molecule has 1 unspecified atom stereocenters. The summed E-state index contributed by atoms with van der Waals surface area (Å²) in [6.45, 7) is 1.88. The SMILES string of the molecule is CCCC1C(S(=O)(=O)c2ccccc2)=C(N)n2c(=O)c3ccccc3c(=O)n21. The minimum Gasteiger partial charge on any atom is -0.383 e. The fourth-order valence-electron chi connectivity index (χ4n) is 3.75. The Balaban J connectivity index is 2.09. The quantitative estimate of drug-likeness (QED) is 0.726. The van der Waals surface area contributed by atoms with E-state index in [0.29, 0.717) is 12.8 Å². The van der Waals surface area contributed by atoms with Crippen molar-refractivity contribution in [2.24, 2.45) is 5.73 Å². The summed E-state index contributed by atoms with van der Waals surface area (Å²) in [6, 6.07) is 13.5. The van der Waals surface area contributed by atoms with Gasteiger partial charge in [0.15, 0.2) is 0 Å². The van der Waals surface area contributed by atoms with Crippen LogP contribution in [0.1, 0.15) is 25.8 Å². The van der Waals surface area contributed by atoms with E-state index in [4.69, 9.17) is 5.73 Å². The van der Waals surface area contributed by atoms with Crippen LogP contribution in [0.3, 0.4) is 0 Å². The molecule has 2 N–H and O–H groups in total. The van der Waals surface area contributed by atoms with Gasteiger partial charge in [0.25, 0.3) is 11.1 Å². The van der Waals surface area contributed by atoms with Crippen LogP contribution in [0.15, 0.2) is 74.0 Å². The van der Waals surface area contributed by atoms with Gasteiger partial charge in [0, 0.05) is 0 Å². The highest BCUT2D eigenvalue weighted by Crippen LogP contribution is 2.37. The van der Waals surface area contributed by atoms with Crippen molar-refractivity contribution in [3.63, 3.8) is 0 Å². The lowest BCUT2D eigenvalue weighted by molar-refractivity contribution is 0.456. The molecular weight excluding hydrogens is 378 g/mol. The van der Waals surface area contributed by atoms with Crippen LogP contribution >= 0.6 is 0 Å². The zero-order valence-electron chi connectivity index (χ0n) is 15.2. The number of rotatable bonds is 4. The fourth-order valence-corrected chi connectivity index (χ4v) is 5.45. The van der Waals surface area contributed by atoms with Gasteiger partial charge in [-0.1, -0.05) is 43.7 Å². The van der Waals surface area contributed by atoms with E-state index in [2.05, 4.69) is 0 Å². The Morgan fingerprint density at radius 1 is 0.929 bits per heavy atom. The molecule has 0 saturated carbocycles. The summed E-state index contributed by atoms with van der Waals surface area (Å²) in [5.41, 5.74) is 5.26. The molecule has 7 nitrogen and oxygen atoms in total. The first-order valence-corrected chi connectivity index (χ1v) is 10.4. The molecular formula is C20H19N3O4S. The number of hydrogen-bond acceptors (Lipinski definition) is 5. The van der Waals surface area contributed by atoms with E-state index >= 15 is 0 Å². The van der Waals surface area contributed by atoms with Gasteiger partial charge in [-0.15, -0.1) is 0 Å². The molecule has 0 amide bonds.